The molecule has 0 atom stereocenters. The molecule has 0 saturated carbocycles. The number of hydrogen-bond acceptors (Lipinski definition) is 5. The van der Waals surface area contributed by atoms with Gasteiger partial charge in [-0.3, -0.25) is 9.59 Å². The number of amides is 2. The molecule has 2 aromatic carbocycles. The first-order valence-electron chi connectivity index (χ1n) is 10.5. The van der Waals surface area contributed by atoms with E-state index in [1.165, 1.54) is 0 Å². The predicted octanol–water partition coefficient (Wildman–Crippen LogP) is 3.17. The Balaban J connectivity index is 1.73. The summed E-state index contributed by atoms with van der Waals surface area (Å²) in [6.45, 7) is 7.44. The van der Waals surface area contributed by atoms with Gasteiger partial charge in [0.15, 0.2) is 0 Å². The average molecular weight is 418 g/mol. The summed E-state index contributed by atoms with van der Waals surface area (Å²) in [7, 11) is 0. The van der Waals surface area contributed by atoms with E-state index in [1.807, 2.05) is 57.2 Å². The van der Waals surface area contributed by atoms with E-state index in [1.54, 1.807) is 11.0 Å². The molecule has 7 heteroatoms. The Morgan fingerprint density at radius 1 is 1.10 bits per heavy atom. The summed E-state index contributed by atoms with van der Waals surface area (Å²) >= 11 is 0. The van der Waals surface area contributed by atoms with Crippen molar-refractivity contribution < 1.29 is 9.59 Å². The Morgan fingerprint density at radius 2 is 1.77 bits per heavy atom. The highest BCUT2D eigenvalue weighted by Gasteiger charge is 2.31. The van der Waals surface area contributed by atoms with Gasteiger partial charge < -0.3 is 16.0 Å². The minimum atomic E-state index is -0.769. The number of rotatable bonds is 5. The molecule has 1 aliphatic heterocycles. The number of hydrogen-bond donors (Lipinski definition) is 2. The summed E-state index contributed by atoms with van der Waals surface area (Å²) < 4.78 is 0. The molecule has 160 valence electrons. The molecule has 0 aliphatic carbocycles. The Kier molecular flexibility index (Phi) is 5.35. The fraction of sp³-hybridized carbons (Fsp3) is 0.333. The van der Waals surface area contributed by atoms with Crippen molar-refractivity contribution in [2.24, 2.45) is 0 Å². The van der Waals surface area contributed by atoms with Crippen LogP contribution in [0.4, 0.5) is 5.95 Å². The molecule has 1 aliphatic rings. The first-order valence-corrected chi connectivity index (χ1v) is 10.5. The van der Waals surface area contributed by atoms with Crippen LogP contribution in [-0.2, 0) is 23.3 Å². The maximum Gasteiger partial charge on any atom is 0.273 e. The van der Waals surface area contributed by atoms with Gasteiger partial charge in [0.1, 0.15) is 5.69 Å². The largest absolute Gasteiger partial charge is 0.368 e. The second-order valence-corrected chi connectivity index (χ2v) is 8.47. The molecule has 7 nitrogen and oxygen atoms in total. The Morgan fingerprint density at radius 3 is 2.42 bits per heavy atom. The zero-order chi connectivity index (χ0) is 22.2. The monoisotopic (exact) mass is 417 g/mol. The van der Waals surface area contributed by atoms with Gasteiger partial charge in [0.2, 0.25) is 11.9 Å². The van der Waals surface area contributed by atoms with Gasteiger partial charge in [0, 0.05) is 25.0 Å². The standard InChI is InChI=1S/C24H27N5O2/c1-4-11-26-22(31)24(2,3)17-9-10-19-18(12-17)20(28-23(25)27-19)21(30)29-13-15-7-5-6-8-16(15)14-29/h5-10,12H,4,11,13-14H2,1-3H3,(H,26,31)(H2,25,27,28). The highest BCUT2D eigenvalue weighted by Crippen LogP contribution is 2.30. The quantitative estimate of drug-likeness (QED) is 0.664. The molecule has 31 heavy (non-hydrogen) atoms. The minimum absolute atomic E-state index is 0.0558. The second-order valence-electron chi connectivity index (χ2n) is 8.47. The first kappa shape index (κ1) is 20.8. The number of anilines is 1. The number of nitrogens with two attached hydrogens (primary N) is 1. The van der Waals surface area contributed by atoms with Crippen LogP contribution in [0.1, 0.15) is 54.4 Å². The number of nitrogens with one attached hydrogen (secondary N) is 1. The van der Waals surface area contributed by atoms with Gasteiger partial charge in [-0.25, -0.2) is 9.97 Å². The molecule has 2 heterocycles. The van der Waals surface area contributed by atoms with E-state index < -0.39 is 5.41 Å². The summed E-state index contributed by atoms with van der Waals surface area (Å²) in [6.07, 6.45) is 0.865. The lowest BCUT2D eigenvalue weighted by Gasteiger charge is -2.25. The van der Waals surface area contributed by atoms with Crippen LogP contribution in [0.25, 0.3) is 10.9 Å². The van der Waals surface area contributed by atoms with Gasteiger partial charge in [0.25, 0.3) is 5.91 Å². The van der Waals surface area contributed by atoms with Gasteiger partial charge in [0.05, 0.1) is 10.9 Å². The van der Waals surface area contributed by atoms with Crippen LogP contribution >= 0.6 is 0 Å². The molecule has 3 aromatic rings. The van der Waals surface area contributed by atoms with E-state index in [2.05, 4.69) is 15.3 Å². The summed E-state index contributed by atoms with van der Waals surface area (Å²) in [5, 5.41) is 3.56. The van der Waals surface area contributed by atoms with Gasteiger partial charge in [-0.05, 0) is 49.1 Å². The number of fused-ring (bicyclic) bond motifs is 2. The van der Waals surface area contributed by atoms with Crippen LogP contribution in [0.3, 0.4) is 0 Å². The molecule has 0 unspecified atom stereocenters. The molecule has 4 rings (SSSR count). The van der Waals surface area contributed by atoms with Crippen molar-refractivity contribution >= 4 is 28.7 Å². The molecule has 1 aromatic heterocycles. The predicted molar refractivity (Wildman–Crippen MR) is 120 cm³/mol. The molecule has 2 amide bonds. The fourth-order valence-corrected chi connectivity index (χ4v) is 3.92. The Labute approximate surface area is 181 Å². The molecule has 0 saturated heterocycles. The Hall–Kier alpha value is -3.48. The second kappa shape index (κ2) is 7.98. The van der Waals surface area contributed by atoms with E-state index in [4.69, 9.17) is 5.73 Å². The maximum absolute atomic E-state index is 13.4. The lowest BCUT2D eigenvalue weighted by molar-refractivity contribution is -0.125. The Bertz CT molecular complexity index is 1150. The molecular formula is C24H27N5O2. The number of nitrogen functional groups attached to an aromatic ring is 1. The number of nitrogens with zero attached hydrogens (tertiary/aromatic N) is 3. The maximum atomic E-state index is 13.4. The molecule has 0 fully saturated rings. The van der Waals surface area contributed by atoms with Crippen molar-refractivity contribution in [2.75, 3.05) is 12.3 Å². The minimum Gasteiger partial charge on any atom is -0.368 e. The summed E-state index contributed by atoms with van der Waals surface area (Å²) in [5.74, 6) is -0.200. The molecule has 0 radical (unpaired) electrons. The van der Waals surface area contributed by atoms with Gasteiger partial charge in [-0.15, -0.1) is 0 Å². The average Bonchev–Trinajstić information content (AvgIpc) is 3.20. The van der Waals surface area contributed by atoms with E-state index in [9.17, 15) is 9.59 Å². The van der Waals surface area contributed by atoms with E-state index in [0.717, 1.165) is 23.1 Å². The summed E-state index contributed by atoms with van der Waals surface area (Å²) in [6, 6.07) is 13.5. The SMILES string of the molecule is CCCNC(=O)C(C)(C)c1ccc2nc(N)nc(C(=O)N3Cc4ccccc4C3)c2c1. The van der Waals surface area contributed by atoms with E-state index >= 15 is 0 Å². The van der Waals surface area contributed by atoms with Crippen LogP contribution in [0.5, 0.6) is 0 Å². The zero-order valence-electron chi connectivity index (χ0n) is 18.1. The number of benzene rings is 2. The van der Waals surface area contributed by atoms with Crippen LogP contribution < -0.4 is 11.1 Å². The zero-order valence-corrected chi connectivity index (χ0v) is 18.1. The smallest absolute Gasteiger partial charge is 0.273 e. The molecular weight excluding hydrogens is 390 g/mol. The lowest BCUT2D eigenvalue weighted by Crippen LogP contribution is -2.40. The van der Waals surface area contributed by atoms with Crippen molar-refractivity contribution in [1.82, 2.24) is 20.2 Å². The third-order valence-corrected chi connectivity index (χ3v) is 5.87. The highest BCUT2D eigenvalue weighted by molar-refractivity contribution is 6.05. The van der Waals surface area contributed by atoms with Gasteiger partial charge >= 0.3 is 0 Å². The van der Waals surface area contributed by atoms with Crippen LogP contribution in [0, 0.1) is 0 Å². The van der Waals surface area contributed by atoms with Crippen LogP contribution in [-0.4, -0.2) is 33.2 Å². The third kappa shape index (κ3) is 3.83. The summed E-state index contributed by atoms with van der Waals surface area (Å²) in [4.78, 5) is 36.5. The fourth-order valence-electron chi connectivity index (χ4n) is 3.92. The normalized spacial score (nSPS) is 13.3. The lowest BCUT2D eigenvalue weighted by atomic mass is 9.83. The molecule has 3 N–H and O–H groups in total. The van der Waals surface area contributed by atoms with Crippen LogP contribution in [0.15, 0.2) is 42.5 Å². The first-order chi connectivity index (χ1) is 14.8. The topological polar surface area (TPSA) is 101 Å². The van der Waals surface area contributed by atoms with Crippen molar-refractivity contribution in [3.05, 3.63) is 64.8 Å². The van der Waals surface area contributed by atoms with Crippen molar-refractivity contribution in [3.8, 4) is 0 Å². The third-order valence-electron chi connectivity index (χ3n) is 5.87. The van der Waals surface area contributed by atoms with Gasteiger partial charge in [-0.1, -0.05) is 37.3 Å². The number of aromatic nitrogens is 2. The van der Waals surface area contributed by atoms with Crippen molar-refractivity contribution in [2.45, 2.75) is 45.7 Å². The van der Waals surface area contributed by atoms with Crippen LogP contribution in [0.2, 0.25) is 0 Å². The van der Waals surface area contributed by atoms with E-state index in [-0.39, 0.29) is 23.5 Å². The molecule has 0 bridgehead atoms. The molecule has 0 spiro atoms. The van der Waals surface area contributed by atoms with E-state index in [0.29, 0.717) is 30.5 Å². The highest BCUT2D eigenvalue weighted by atomic mass is 16.2. The number of carbonyl (C=O) groups excluding carboxylic acids is 2. The van der Waals surface area contributed by atoms with Gasteiger partial charge in [-0.2, -0.15) is 0 Å². The summed E-state index contributed by atoms with van der Waals surface area (Å²) in [5.41, 5.74) is 9.06. The number of carbonyl (C=O) groups is 2. The van der Waals surface area contributed by atoms with Crippen molar-refractivity contribution in [1.29, 1.82) is 0 Å². The van der Waals surface area contributed by atoms with Crippen molar-refractivity contribution in [3.63, 3.8) is 0 Å².